The summed E-state index contributed by atoms with van der Waals surface area (Å²) >= 11 is 0. The lowest BCUT2D eigenvalue weighted by Gasteiger charge is -2.14. The topological polar surface area (TPSA) is 115 Å². The van der Waals surface area contributed by atoms with E-state index in [4.69, 9.17) is 5.11 Å². The summed E-state index contributed by atoms with van der Waals surface area (Å²) in [6.07, 6.45) is 1.89. The molecule has 2 heterocycles. The average Bonchev–Trinajstić information content (AvgIpc) is 2.94. The highest BCUT2D eigenvalue weighted by molar-refractivity contribution is 5.74. The van der Waals surface area contributed by atoms with E-state index in [0.29, 0.717) is 42.7 Å². The third-order valence-corrected chi connectivity index (χ3v) is 4.00. The van der Waals surface area contributed by atoms with Gasteiger partial charge in [-0.2, -0.15) is 10.4 Å². The number of aliphatic hydroxyl groups excluding tert-OH is 1. The molecule has 0 aromatic carbocycles. The Bertz CT molecular complexity index is 789. The van der Waals surface area contributed by atoms with Crippen molar-refractivity contribution in [2.24, 2.45) is 0 Å². The number of carbonyl (C=O) groups is 1. The maximum atomic E-state index is 11.7. The minimum Gasteiger partial charge on any atom is -0.394 e. The second-order valence-electron chi connectivity index (χ2n) is 6.00. The number of carbonyl (C=O) groups excluding carboxylic acids is 1. The van der Waals surface area contributed by atoms with Gasteiger partial charge in [-0.1, -0.05) is 6.92 Å². The molecule has 0 spiro atoms. The number of aliphatic hydroxyl groups is 1. The number of aryl methyl sites for hydroxylation is 3. The standard InChI is InChI=1S/C17H24N6O2/c1-4-13(10-24)21-17(25)19-7-5-6-15-14(9-18)16-20-11(2)8-12(3)23(16)22-15/h8,13,24H,4-7,10H2,1-3H3,(H2,19,21,25)/t13-/m0/s1. The number of hydrogen-bond donors (Lipinski definition) is 3. The van der Waals surface area contributed by atoms with E-state index in [9.17, 15) is 10.1 Å². The number of urea groups is 1. The number of nitrogens with zero attached hydrogens (tertiary/aromatic N) is 4. The Hall–Kier alpha value is -2.66. The van der Waals surface area contributed by atoms with Gasteiger partial charge in [0.1, 0.15) is 11.6 Å². The van der Waals surface area contributed by atoms with Crippen LogP contribution in [-0.2, 0) is 6.42 Å². The molecule has 8 nitrogen and oxygen atoms in total. The van der Waals surface area contributed by atoms with Crippen LogP contribution in [0.25, 0.3) is 5.65 Å². The third-order valence-electron chi connectivity index (χ3n) is 4.00. The Morgan fingerprint density at radius 2 is 2.24 bits per heavy atom. The van der Waals surface area contributed by atoms with Crippen LogP contribution in [0.15, 0.2) is 6.07 Å². The quantitative estimate of drug-likeness (QED) is 0.653. The molecule has 134 valence electrons. The average molecular weight is 344 g/mol. The van der Waals surface area contributed by atoms with Crippen LogP contribution in [0.4, 0.5) is 4.79 Å². The van der Waals surface area contributed by atoms with Crippen LogP contribution in [0.1, 0.15) is 42.4 Å². The van der Waals surface area contributed by atoms with Gasteiger partial charge in [-0.25, -0.2) is 14.3 Å². The minimum atomic E-state index is -0.301. The molecule has 2 rings (SSSR count). The Balaban J connectivity index is 1.97. The van der Waals surface area contributed by atoms with E-state index in [0.717, 1.165) is 11.4 Å². The lowest BCUT2D eigenvalue weighted by atomic mass is 10.1. The second kappa shape index (κ2) is 8.44. The third kappa shape index (κ3) is 4.45. The molecule has 0 saturated carbocycles. The predicted molar refractivity (Wildman–Crippen MR) is 93.2 cm³/mol. The molecular formula is C17H24N6O2. The van der Waals surface area contributed by atoms with E-state index >= 15 is 0 Å². The first kappa shape index (κ1) is 18.7. The monoisotopic (exact) mass is 344 g/mol. The predicted octanol–water partition coefficient (Wildman–Crippen LogP) is 1.22. The van der Waals surface area contributed by atoms with Crippen molar-refractivity contribution in [3.8, 4) is 6.07 Å². The molecule has 0 radical (unpaired) electrons. The van der Waals surface area contributed by atoms with E-state index in [1.807, 2.05) is 26.8 Å². The number of nitrogens with one attached hydrogen (secondary N) is 2. The molecule has 25 heavy (non-hydrogen) atoms. The molecule has 0 saturated heterocycles. The van der Waals surface area contributed by atoms with Crippen LogP contribution in [-0.4, -0.2) is 44.9 Å². The van der Waals surface area contributed by atoms with Crippen LogP contribution < -0.4 is 10.6 Å². The molecule has 0 unspecified atom stereocenters. The van der Waals surface area contributed by atoms with E-state index in [2.05, 4.69) is 26.8 Å². The van der Waals surface area contributed by atoms with Gasteiger partial charge in [-0.15, -0.1) is 0 Å². The van der Waals surface area contributed by atoms with Crippen molar-refractivity contribution in [2.45, 2.75) is 46.1 Å². The van der Waals surface area contributed by atoms with Crippen molar-refractivity contribution in [3.05, 3.63) is 28.7 Å². The number of fused-ring (bicyclic) bond motifs is 1. The van der Waals surface area contributed by atoms with Crippen LogP contribution in [0.3, 0.4) is 0 Å². The van der Waals surface area contributed by atoms with Crippen molar-refractivity contribution in [3.63, 3.8) is 0 Å². The van der Waals surface area contributed by atoms with Gasteiger partial charge in [0, 0.05) is 17.9 Å². The van der Waals surface area contributed by atoms with Gasteiger partial charge >= 0.3 is 6.03 Å². The summed E-state index contributed by atoms with van der Waals surface area (Å²) in [7, 11) is 0. The van der Waals surface area contributed by atoms with Crippen LogP contribution >= 0.6 is 0 Å². The van der Waals surface area contributed by atoms with Crippen molar-refractivity contribution in [2.75, 3.05) is 13.2 Å². The molecule has 0 aliphatic heterocycles. The van der Waals surface area contributed by atoms with Crippen molar-refractivity contribution >= 4 is 11.7 Å². The van der Waals surface area contributed by atoms with E-state index in [-0.39, 0.29) is 18.7 Å². The fourth-order valence-electron chi connectivity index (χ4n) is 2.63. The van der Waals surface area contributed by atoms with Crippen LogP contribution in [0, 0.1) is 25.2 Å². The highest BCUT2D eigenvalue weighted by Gasteiger charge is 2.15. The van der Waals surface area contributed by atoms with Gasteiger partial charge in [0.2, 0.25) is 0 Å². The maximum absolute atomic E-state index is 11.7. The highest BCUT2D eigenvalue weighted by atomic mass is 16.3. The van der Waals surface area contributed by atoms with Crippen molar-refractivity contribution < 1.29 is 9.90 Å². The summed E-state index contributed by atoms with van der Waals surface area (Å²) in [5.74, 6) is 0. The van der Waals surface area contributed by atoms with E-state index < -0.39 is 0 Å². The van der Waals surface area contributed by atoms with Gasteiger partial charge < -0.3 is 15.7 Å². The number of rotatable bonds is 7. The van der Waals surface area contributed by atoms with E-state index in [1.54, 1.807) is 4.52 Å². The van der Waals surface area contributed by atoms with Gasteiger partial charge in [0.05, 0.1) is 18.3 Å². The molecule has 1 atom stereocenters. The normalized spacial score (nSPS) is 12.0. The summed E-state index contributed by atoms with van der Waals surface area (Å²) < 4.78 is 1.69. The zero-order valence-electron chi connectivity index (χ0n) is 14.8. The highest BCUT2D eigenvalue weighted by Crippen LogP contribution is 2.17. The Morgan fingerprint density at radius 1 is 1.48 bits per heavy atom. The fraction of sp³-hybridized carbons (Fsp3) is 0.529. The number of amides is 2. The zero-order valence-corrected chi connectivity index (χ0v) is 14.8. The Morgan fingerprint density at radius 3 is 2.88 bits per heavy atom. The number of hydrogen-bond acceptors (Lipinski definition) is 5. The minimum absolute atomic E-state index is 0.0809. The molecular weight excluding hydrogens is 320 g/mol. The zero-order chi connectivity index (χ0) is 18.4. The molecule has 2 aromatic rings. The van der Waals surface area contributed by atoms with E-state index in [1.165, 1.54) is 0 Å². The summed E-state index contributed by atoms with van der Waals surface area (Å²) in [6, 6.07) is 3.57. The Kier molecular flexibility index (Phi) is 6.31. The first-order valence-corrected chi connectivity index (χ1v) is 8.41. The summed E-state index contributed by atoms with van der Waals surface area (Å²) in [5, 5.41) is 28.4. The van der Waals surface area contributed by atoms with Crippen molar-refractivity contribution in [1.29, 1.82) is 5.26 Å². The van der Waals surface area contributed by atoms with Crippen molar-refractivity contribution in [1.82, 2.24) is 25.2 Å². The van der Waals surface area contributed by atoms with Gasteiger partial charge in [-0.05, 0) is 39.2 Å². The largest absolute Gasteiger partial charge is 0.394 e. The molecule has 0 fully saturated rings. The van der Waals surface area contributed by atoms with Crippen LogP contribution in [0.5, 0.6) is 0 Å². The van der Waals surface area contributed by atoms with Gasteiger partial charge in [0.15, 0.2) is 5.65 Å². The molecule has 2 amide bonds. The molecule has 0 bridgehead atoms. The SMILES string of the molecule is CC[C@@H](CO)NC(=O)NCCCc1nn2c(C)cc(C)nc2c1C#N. The lowest BCUT2D eigenvalue weighted by Crippen LogP contribution is -2.43. The molecule has 8 heteroatoms. The first-order valence-electron chi connectivity index (χ1n) is 8.41. The van der Waals surface area contributed by atoms with Gasteiger partial charge in [-0.3, -0.25) is 0 Å². The molecule has 0 aliphatic rings. The summed E-state index contributed by atoms with van der Waals surface area (Å²) in [5.41, 5.74) is 3.53. The molecule has 3 N–H and O–H groups in total. The number of nitriles is 1. The smallest absolute Gasteiger partial charge is 0.315 e. The Labute approximate surface area is 146 Å². The number of aromatic nitrogens is 3. The first-order chi connectivity index (χ1) is 12.0. The maximum Gasteiger partial charge on any atom is 0.315 e. The van der Waals surface area contributed by atoms with Gasteiger partial charge in [0.25, 0.3) is 0 Å². The summed E-state index contributed by atoms with van der Waals surface area (Å²) in [4.78, 5) is 16.1. The second-order valence-corrected chi connectivity index (χ2v) is 6.00. The lowest BCUT2D eigenvalue weighted by molar-refractivity contribution is 0.214. The summed E-state index contributed by atoms with van der Waals surface area (Å²) in [6.45, 7) is 6.09. The fourth-order valence-corrected chi connectivity index (χ4v) is 2.63. The molecule has 0 aliphatic carbocycles. The van der Waals surface area contributed by atoms with Crippen LogP contribution in [0.2, 0.25) is 0 Å². The molecule has 2 aromatic heterocycles.